The Morgan fingerprint density at radius 1 is 1.35 bits per heavy atom. The number of nitrogens with two attached hydrogens (primary N) is 1. The zero-order chi connectivity index (χ0) is 11.9. The van der Waals surface area contributed by atoms with Gasteiger partial charge < -0.3 is 20.5 Å². The molecule has 3 N–H and O–H groups in total. The summed E-state index contributed by atoms with van der Waals surface area (Å²) in [6.07, 6.45) is 0.0138. The Hall–Kier alpha value is -1.59. The molecule has 0 aliphatic carbocycles. The first-order chi connectivity index (χ1) is 8.34. The molecule has 1 aliphatic heterocycles. The molecule has 5 nitrogen and oxygen atoms in total. The zero-order valence-electron chi connectivity index (χ0n) is 9.63. The molecule has 0 bridgehead atoms. The summed E-state index contributed by atoms with van der Waals surface area (Å²) in [7, 11) is 0. The smallest absolute Gasteiger partial charge is 0.193 e. The molecule has 0 aromatic heterocycles. The predicted octanol–water partition coefficient (Wildman–Crippen LogP) is 0.829. The minimum absolute atomic E-state index is 0.0138. The van der Waals surface area contributed by atoms with Crippen LogP contribution in [-0.2, 0) is 9.47 Å². The first-order valence-electron chi connectivity index (χ1n) is 5.66. The molecular formula is C12H17N3O2. The van der Waals surface area contributed by atoms with Crippen LogP contribution in [0.4, 0.5) is 5.69 Å². The second kappa shape index (κ2) is 6.22. The van der Waals surface area contributed by atoms with E-state index in [1.165, 1.54) is 0 Å². The highest BCUT2D eigenvalue weighted by molar-refractivity contribution is 5.92. The van der Waals surface area contributed by atoms with Crippen molar-refractivity contribution in [2.45, 2.75) is 6.10 Å². The zero-order valence-corrected chi connectivity index (χ0v) is 9.63. The van der Waals surface area contributed by atoms with Crippen molar-refractivity contribution in [2.24, 2.45) is 10.7 Å². The maximum absolute atomic E-state index is 5.77. The number of nitrogens with one attached hydrogen (secondary N) is 1. The second-order valence-corrected chi connectivity index (χ2v) is 3.78. The molecule has 2 rings (SSSR count). The molecule has 0 amide bonds. The fourth-order valence-electron chi connectivity index (χ4n) is 1.55. The van der Waals surface area contributed by atoms with E-state index in [0.717, 1.165) is 5.69 Å². The minimum Gasteiger partial charge on any atom is -0.376 e. The highest BCUT2D eigenvalue weighted by atomic mass is 16.6. The van der Waals surface area contributed by atoms with Crippen LogP contribution < -0.4 is 11.1 Å². The quantitative estimate of drug-likeness (QED) is 0.601. The Morgan fingerprint density at radius 2 is 2.18 bits per heavy atom. The summed E-state index contributed by atoms with van der Waals surface area (Å²) in [4.78, 5) is 4.22. The molecule has 17 heavy (non-hydrogen) atoms. The SMILES string of the molecule is NC(=NCC1COCCO1)Nc1ccccc1. The van der Waals surface area contributed by atoms with Gasteiger partial charge in [0.1, 0.15) is 6.10 Å². The van der Waals surface area contributed by atoms with Crippen molar-refractivity contribution in [3.05, 3.63) is 30.3 Å². The van der Waals surface area contributed by atoms with Gasteiger partial charge in [0.05, 0.1) is 26.4 Å². The van der Waals surface area contributed by atoms with Crippen molar-refractivity contribution in [2.75, 3.05) is 31.7 Å². The minimum atomic E-state index is 0.0138. The average Bonchev–Trinajstić information content (AvgIpc) is 2.39. The fraction of sp³-hybridized carbons (Fsp3) is 0.417. The van der Waals surface area contributed by atoms with E-state index in [1.54, 1.807) is 0 Å². The fourth-order valence-corrected chi connectivity index (χ4v) is 1.55. The molecule has 1 saturated heterocycles. The maximum atomic E-state index is 5.77. The van der Waals surface area contributed by atoms with E-state index in [0.29, 0.717) is 32.3 Å². The van der Waals surface area contributed by atoms with Crippen molar-refractivity contribution < 1.29 is 9.47 Å². The normalized spacial score (nSPS) is 21.2. The van der Waals surface area contributed by atoms with Gasteiger partial charge in [-0.05, 0) is 12.1 Å². The molecule has 92 valence electrons. The molecule has 1 aromatic carbocycles. The Balaban J connectivity index is 1.80. The van der Waals surface area contributed by atoms with Crippen molar-refractivity contribution in [1.82, 2.24) is 0 Å². The molecule has 1 unspecified atom stereocenters. The van der Waals surface area contributed by atoms with Gasteiger partial charge in [-0.2, -0.15) is 0 Å². The van der Waals surface area contributed by atoms with Gasteiger partial charge in [-0.3, -0.25) is 4.99 Å². The first-order valence-corrected chi connectivity index (χ1v) is 5.66. The van der Waals surface area contributed by atoms with Gasteiger partial charge in [-0.25, -0.2) is 0 Å². The van der Waals surface area contributed by atoms with E-state index in [9.17, 15) is 0 Å². The monoisotopic (exact) mass is 235 g/mol. The Bertz CT molecular complexity index is 361. The third kappa shape index (κ3) is 4.05. The number of hydrogen-bond acceptors (Lipinski definition) is 3. The summed E-state index contributed by atoms with van der Waals surface area (Å²) in [6, 6.07) is 9.69. The summed E-state index contributed by atoms with van der Waals surface area (Å²) in [5.41, 5.74) is 6.69. The lowest BCUT2D eigenvalue weighted by Gasteiger charge is -2.21. The summed E-state index contributed by atoms with van der Waals surface area (Å²) in [6.45, 7) is 2.40. The number of anilines is 1. The number of aliphatic imine (C=N–C) groups is 1. The van der Waals surface area contributed by atoms with E-state index in [2.05, 4.69) is 10.3 Å². The molecule has 1 atom stereocenters. The van der Waals surface area contributed by atoms with E-state index >= 15 is 0 Å². The highest BCUT2D eigenvalue weighted by Crippen LogP contribution is 2.04. The molecule has 1 aromatic rings. The number of hydrogen-bond donors (Lipinski definition) is 2. The molecule has 0 spiro atoms. The van der Waals surface area contributed by atoms with Crippen LogP contribution in [0.1, 0.15) is 0 Å². The number of rotatable bonds is 3. The standard InChI is InChI=1S/C12H17N3O2/c13-12(15-10-4-2-1-3-5-10)14-8-11-9-16-6-7-17-11/h1-5,11H,6-9H2,(H3,13,14,15). The number of benzene rings is 1. The number of guanidine groups is 1. The van der Waals surface area contributed by atoms with Crippen LogP contribution in [0, 0.1) is 0 Å². The van der Waals surface area contributed by atoms with Crippen molar-refractivity contribution in [3.63, 3.8) is 0 Å². The topological polar surface area (TPSA) is 68.9 Å². The van der Waals surface area contributed by atoms with Gasteiger partial charge >= 0.3 is 0 Å². The van der Waals surface area contributed by atoms with Gasteiger partial charge in [-0.15, -0.1) is 0 Å². The largest absolute Gasteiger partial charge is 0.376 e. The van der Waals surface area contributed by atoms with E-state index in [4.69, 9.17) is 15.2 Å². The molecule has 0 radical (unpaired) electrons. The second-order valence-electron chi connectivity index (χ2n) is 3.78. The third-order valence-electron chi connectivity index (χ3n) is 2.40. The Kier molecular flexibility index (Phi) is 4.35. The molecule has 1 fully saturated rings. The lowest BCUT2D eigenvalue weighted by Crippen LogP contribution is -2.32. The molecule has 5 heteroatoms. The average molecular weight is 235 g/mol. The van der Waals surface area contributed by atoms with Gasteiger partial charge in [0.15, 0.2) is 5.96 Å². The van der Waals surface area contributed by atoms with Crippen molar-refractivity contribution >= 4 is 11.6 Å². The van der Waals surface area contributed by atoms with Crippen molar-refractivity contribution in [3.8, 4) is 0 Å². The predicted molar refractivity (Wildman–Crippen MR) is 67.1 cm³/mol. The summed E-state index contributed by atoms with van der Waals surface area (Å²) in [5, 5.41) is 3.01. The van der Waals surface area contributed by atoms with Crippen LogP contribution in [0.3, 0.4) is 0 Å². The van der Waals surface area contributed by atoms with E-state index in [-0.39, 0.29) is 6.10 Å². The number of para-hydroxylation sites is 1. The van der Waals surface area contributed by atoms with Gasteiger partial charge in [-0.1, -0.05) is 18.2 Å². The summed E-state index contributed by atoms with van der Waals surface area (Å²) in [5.74, 6) is 0.394. The molecule has 1 aliphatic rings. The number of ether oxygens (including phenoxy) is 2. The van der Waals surface area contributed by atoms with Crippen LogP contribution in [0.15, 0.2) is 35.3 Å². The Morgan fingerprint density at radius 3 is 2.88 bits per heavy atom. The number of nitrogens with zero attached hydrogens (tertiary/aromatic N) is 1. The molecule has 1 heterocycles. The van der Waals surface area contributed by atoms with Crippen LogP contribution in [0.2, 0.25) is 0 Å². The van der Waals surface area contributed by atoms with Crippen molar-refractivity contribution in [1.29, 1.82) is 0 Å². The van der Waals surface area contributed by atoms with Crippen LogP contribution in [0.5, 0.6) is 0 Å². The van der Waals surface area contributed by atoms with Crippen LogP contribution >= 0.6 is 0 Å². The molecular weight excluding hydrogens is 218 g/mol. The van der Waals surface area contributed by atoms with Gasteiger partial charge in [0.2, 0.25) is 0 Å². The first kappa shape index (κ1) is 11.9. The van der Waals surface area contributed by atoms with E-state index in [1.807, 2.05) is 30.3 Å². The Labute approximate surface area is 101 Å². The van der Waals surface area contributed by atoms with Crippen LogP contribution in [0.25, 0.3) is 0 Å². The lowest BCUT2D eigenvalue weighted by atomic mass is 10.3. The maximum Gasteiger partial charge on any atom is 0.193 e. The van der Waals surface area contributed by atoms with Gasteiger partial charge in [0, 0.05) is 5.69 Å². The lowest BCUT2D eigenvalue weighted by molar-refractivity contribution is -0.0832. The van der Waals surface area contributed by atoms with Gasteiger partial charge in [0.25, 0.3) is 0 Å². The summed E-state index contributed by atoms with van der Waals surface area (Å²) >= 11 is 0. The third-order valence-corrected chi connectivity index (χ3v) is 2.40. The van der Waals surface area contributed by atoms with E-state index < -0.39 is 0 Å². The highest BCUT2D eigenvalue weighted by Gasteiger charge is 2.13. The molecule has 0 saturated carbocycles. The van der Waals surface area contributed by atoms with Crippen LogP contribution in [-0.4, -0.2) is 38.4 Å². The summed E-state index contributed by atoms with van der Waals surface area (Å²) < 4.78 is 10.7.